The fourth-order valence-electron chi connectivity index (χ4n) is 2.19. The first-order valence-corrected chi connectivity index (χ1v) is 6.36. The topological polar surface area (TPSA) is 82.2 Å². The number of rotatable bonds is 3. The molecule has 0 fully saturated rings. The summed E-state index contributed by atoms with van der Waals surface area (Å²) in [5.74, 6) is -1.57. The Balaban J connectivity index is 1.91. The van der Waals surface area contributed by atoms with Crippen molar-refractivity contribution in [3.63, 3.8) is 0 Å². The zero-order valence-electron chi connectivity index (χ0n) is 11.0. The summed E-state index contributed by atoms with van der Waals surface area (Å²) in [4.78, 5) is 26.4. The molecule has 5 nitrogen and oxygen atoms in total. The van der Waals surface area contributed by atoms with Gasteiger partial charge in [-0.1, -0.05) is 18.2 Å². The van der Waals surface area contributed by atoms with Crippen molar-refractivity contribution in [1.82, 2.24) is 4.98 Å². The van der Waals surface area contributed by atoms with Gasteiger partial charge in [-0.15, -0.1) is 0 Å². The lowest BCUT2D eigenvalue weighted by Crippen LogP contribution is -2.16. The van der Waals surface area contributed by atoms with Crippen LogP contribution in [0, 0.1) is 0 Å². The maximum atomic E-state index is 12.2. The van der Waals surface area contributed by atoms with Crippen LogP contribution in [0.3, 0.4) is 0 Å². The molecule has 0 radical (unpaired) electrons. The molecular weight excluding hydrogens is 268 g/mol. The number of carboxylic acid groups (broad SMARTS) is 1. The number of fused-ring (bicyclic) bond motifs is 1. The lowest BCUT2D eigenvalue weighted by molar-refractivity contribution is 0.0692. The van der Waals surface area contributed by atoms with E-state index < -0.39 is 11.9 Å². The number of benzene rings is 2. The zero-order valence-corrected chi connectivity index (χ0v) is 11.0. The van der Waals surface area contributed by atoms with Gasteiger partial charge in [0, 0.05) is 17.4 Å². The molecule has 0 atom stereocenters. The Bertz CT molecular complexity index is 836. The average molecular weight is 280 g/mol. The van der Waals surface area contributed by atoms with Crippen LogP contribution in [-0.4, -0.2) is 22.0 Å². The Morgan fingerprint density at radius 2 is 1.76 bits per heavy atom. The van der Waals surface area contributed by atoms with Gasteiger partial charge in [-0.05, 0) is 35.7 Å². The van der Waals surface area contributed by atoms with Crippen molar-refractivity contribution in [3.8, 4) is 0 Å². The highest BCUT2D eigenvalue weighted by Crippen LogP contribution is 2.19. The van der Waals surface area contributed by atoms with Gasteiger partial charge in [0.15, 0.2) is 0 Å². The van der Waals surface area contributed by atoms with Crippen molar-refractivity contribution < 1.29 is 14.7 Å². The van der Waals surface area contributed by atoms with E-state index in [2.05, 4.69) is 10.3 Å². The van der Waals surface area contributed by atoms with Crippen LogP contribution in [0.2, 0.25) is 0 Å². The highest BCUT2D eigenvalue weighted by atomic mass is 16.4. The smallest absolute Gasteiger partial charge is 0.336 e. The first-order valence-electron chi connectivity index (χ1n) is 6.36. The first kappa shape index (κ1) is 12.9. The molecule has 5 heteroatoms. The Hall–Kier alpha value is -3.08. The summed E-state index contributed by atoms with van der Waals surface area (Å²) in [6.45, 7) is 0. The number of aromatic amines is 1. The molecule has 0 bridgehead atoms. The maximum Gasteiger partial charge on any atom is 0.336 e. The number of hydrogen-bond donors (Lipinski definition) is 3. The van der Waals surface area contributed by atoms with E-state index in [1.54, 1.807) is 24.3 Å². The molecule has 0 aliphatic carbocycles. The number of anilines is 1. The van der Waals surface area contributed by atoms with Crippen LogP contribution in [0.5, 0.6) is 0 Å². The van der Waals surface area contributed by atoms with E-state index in [1.807, 2.05) is 18.3 Å². The molecule has 0 spiro atoms. The van der Waals surface area contributed by atoms with Gasteiger partial charge in [0.05, 0.1) is 11.1 Å². The fraction of sp³-hybridized carbons (Fsp3) is 0. The minimum atomic E-state index is -1.12. The molecule has 0 unspecified atom stereocenters. The molecule has 1 amide bonds. The summed E-state index contributed by atoms with van der Waals surface area (Å²) >= 11 is 0. The van der Waals surface area contributed by atoms with E-state index in [4.69, 9.17) is 5.11 Å². The number of carbonyl (C=O) groups is 2. The number of carboxylic acids is 1. The number of H-pyrrole nitrogens is 1. The molecule has 3 N–H and O–H groups in total. The molecule has 0 saturated carbocycles. The molecule has 2 aromatic carbocycles. The van der Waals surface area contributed by atoms with Crippen LogP contribution in [0.4, 0.5) is 5.69 Å². The van der Waals surface area contributed by atoms with E-state index in [1.165, 1.54) is 12.1 Å². The SMILES string of the molecule is O=C(O)c1ccccc1C(=O)Nc1ccc2cc[nH]c2c1. The highest BCUT2D eigenvalue weighted by Gasteiger charge is 2.15. The molecule has 0 aliphatic heterocycles. The minimum absolute atomic E-state index is 0.0176. The average Bonchev–Trinajstić information content (AvgIpc) is 2.94. The van der Waals surface area contributed by atoms with Crippen LogP contribution >= 0.6 is 0 Å². The van der Waals surface area contributed by atoms with Crippen LogP contribution in [0.15, 0.2) is 54.7 Å². The van der Waals surface area contributed by atoms with Gasteiger partial charge in [0.25, 0.3) is 5.91 Å². The number of aromatic nitrogens is 1. The summed E-state index contributed by atoms with van der Waals surface area (Å²) < 4.78 is 0. The predicted octanol–water partition coefficient (Wildman–Crippen LogP) is 3.12. The number of hydrogen-bond acceptors (Lipinski definition) is 2. The lowest BCUT2D eigenvalue weighted by atomic mass is 10.1. The largest absolute Gasteiger partial charge is 0.478 e. The Morgan fingerprint density at radius 3 is 2.52 bits per heavy atom. The van der Waals surface area contributed by atoms with Crippen molar-refractivity contribution in [1.29, 1.82) is 0 Å². The van der Waals surface area contributed by atoms with Gasteiger partial charge in [-0.25, -0.2) is 4.79 Å². The third-order valence-electron chi connectivity index (χ3n) is 3.21. The summed E-state index contributed by atoms with van der Waals surface area (Å²) in [5, 5.41) is 12.9. The van der Waals surface area contributed by atoms with Crippen LogP contribution in [-0.2, 0) is 0 Å². The summed E-state index contributed by atoms with van der Waals surface area (Å²) in [5.41, 5.74) is 1.63. The van der Waals surface area contributed by atoms with E-state index in [9.17, 15) is 9.59 Å². The monoisotopic (exact) mass is 280 g/mol. The second kappa shape index (κ2) is 5.13. The third-order valence-corrected chi connectivity index (χ3v) is 3.21. The molecule has 1 heterocycles. The first-order chi connectivity index (χ1) is 10.1. The van der Waals surface area contributed by atoms with Crippen molar-refractivity contribution in [2.24, 2.45) is 0 Å². The van der Waals surface area contributed by atoms with E-state index in [0.717, 1.165) is 10.9 Å². The van der Waals surface area contributed by atoms with Crippen molar-refractivity contribution in [2.45, 2.75) is 0 Å². The van der Waals surface area contributed by atoms with E-state index >= 15 is 0 Å². The third kappa shape index (κ3) is 2.49. The van der Waals surface area contributed by atoms with Crippen molar-refractivity contribution >= 4 is 28.5 Å². The molecule has 0 aliphatic rings. The molecule has 1 aromatic heterocycles. The number of amides is 1. The Labute approximate surface area is 120 Å². The van der Waals surface area contributed by atoms with E-state index in [-0.39, 0.29) is 11.1 Å². The number of nitrogens with one attached hydrogen (secondary N) is 2. The van der Waals surface area contributed by atoms with Gasteiger partial charge in [-0.2, -0.15) is 0 Å². The molecule has 3 rings (SSSR count). The van der Waals surface area contributed by atoms with Gasteiger partial charge in [0.1, 0.15) is 0 Å². The molecule has 21 heavy (non-hydrogen) atoms. The van der Waals surface area contributed by atoms with Gasteiger partial charge in [-0.3, -0.25) is 4.79 Å². The Morgan fingerprint density at radius 1 is 1.00 bits per heavy atom. The van der Waals surface area contributed by atoms with Crippen molar-refractivity contribution in [2.75, 3.05) is 5.32 Å². The highest BCUT2D eigenvalue weighted by molar-refractivity contribution is 6.11. The van der Waals surface area contributed by atoms with Crippen LogP contribution in [0.1, 0.15) is 20.7 Å². The van der Waals surface area contributed by atoms with E-state index in [0.29, 0.717) is 5.69 Å². The second-order valence-electron chi connectivity index (χ2n) is 4.58. The quantitative estimate of drug-likeness (QED) is 0.689. The Kier molecular flexibility index (Phi) is 3.16. The van der Waals surface area contributed by atoms with Gasteiger partial charge >= 0.3 is 5.97 Å². The summed E-state index contributed by atoms with van der Waals surface area (Å²) in [6.07, 6.45) is 1.82. The molecule has 3 aromatic rings. The summed E-state index contributed by atoms with van der Waals surface area (Å²) in [6, 6.07) is 13.5. The standard InChI is InChI=1S/C16H12N2O3/c19-15(12-3-1-2-4-13(12)16(20)21)18-11-6-5-10-7-8-17-14(10)9-11/h1-9,17H,(H,18,19)(H,20,21). The predicted molar refractivity (Wildman–Crippen MR) is 79.7 cm³/mol. The maximum absolute atomic E-state index is 12.2. The van der Waals surface area contributed by atoms with Crippen LogP contribution < -0.4 is 5.32 Å². The molecule has 0 saturated heterocycles. The number of aromatic carboxylic acids is 1. The summed E-state index contributed by atoms with van der Waals surface area (Å²) in [7, 11) is 0. The lowest BCUT2D eigenvalue weighted by Gasteiger charge is -2.07. The minimum Gasteiger partial charge on any atom is -0.478 e. The van der Waals surface area contributed by atoms with Gasteiger partial charge < -0.3 is 15.4 Å². The molecule has 104 valence electrons. The fourth-order valence-corrected chi connectivity index (χ4v) is 2.19. The van der Waals surface area contributed by atoms with Crippen LogP contribution in [0.25, 0.3) is 10.9 Å². The number of carbonyl (C=O) groups excluding carboxylic acids is 1. The molecular formula is C16H12N2O3. The zero-order chi connectivity index (χ0) is 14.8. The normalized spacial score (nSPS) is 10.5. The van der Waals surface area contributed by atoms with Gasteiger partial charge in [0.2, 0.25) is 0 Å². The second-order valence-corrected chi connectivity index (χ2v) is 4.58. The van der Waals surface area contributed by atoms with Crippen molar-refractivity contribution in [3.05, 3.63) is 65.9 Å².